The Hall–Kier alpha value is -0.910. The Kier molecular flexibility index (Phi) is 3.66. The molecule has 0 saturated carbocycles. The molecule has 1 heterocycles. The van der Waals surface area contributed by atoms with E-state index >= 15 is 0 Å². The molecule has 1 N–H and O–H groups in total. The van der Waals surface area contributed by atoms with Gasteiger partial charge in [-0.2, -0.15) is 0 Å². The zero-order chi connectivity index (χ0) is 13.4. The SMILES string of the molecule is CC(C)(C)OC(=O)[C@@H]1N(C(=O)O)CSC1(C)C. The first kappa shape index (κ1) is 14.2. The van der Waals surface area contributed by atoms with Gasteiger partial charge in [0.1, 0.15) is 11.6 Å². The van der Waals surface area contributed by atoms with E-state index in [4.69, 9.17) is 9.84 Å². The van der Waals surface area contributed by atoms with Crippen LogP contribution in [0.2, 0.25) is 0 Å². The zero-order valence-electron chi connectivity index (χ0n) is 10.8. The molecule has 1 fully saturated rings. The molecule has 98 valence electrons. The molecule has 0 unspecified atom stereocenters. The highest BCUT2D eigenvalue weighted by Gasteiger charge is 2.49. The van der Waals surface area contributed by atoms with Crippen molar-refractivity contribution in [2.75, 3.05) is 5.88 Å². The Morgan fingerprint density at radius 3 is 2.35 bits per heavy atom. The van der Waals surface area contributed by atoms with Gasteiger partial charge in [-0.3, -0.25) is 4.90 Å². The second-order valence-electron chi connectivity index (χ2n) is 5.57. The van der Waals surface area contributed by atoms with Gasteiger partial charge in [-0.05, 0) is 34.6 Å². The topological polar surface area (TPSA) is 66.8 Å². The van der Waals surface area contributed by atoms with E-state index in [2.05, 4.69) is 0 Å². The number of esters is 1. The van der Waals surface area contributed by atoms with E-state index in [0.29, 0.717) is 5.88 Å². The van der Waals surface area contributed by atoms with E-state index in [0.717, 1.165) is 4.90 Å². The van der Waals surface area contributed by atoms with E-state index in [9.17, 15) is 9.59 Å². The summed E-state index contributed by atoms with van der Waals surface area (Å²) in [7, 11) is 0. The van der Waals surface area contributed by atoms with E-state index in [1.54, 1.807) is 20.8 Å². The van der Waals surface area contributed by atoms with Crippen molar-refractivity contribution in [3.63, 3.8) is 0 Å². The molecule has 0 aromatic heterocycles. The average Bonchev–Trinajstić information content (AvgIpc) is 2.37. The minimum Gasteiger partial charge on any atom is -0.465 e. The first-order chi connectivity index (χ1) is 7.54. The van der Waals surface area contributed by atoms with E-state index in [-0.39, 0.29) is 0 Å². The molecule has 0 aromatic rings. The van der Waals surface area contributed by atoms with Gasteiger partial charge in [-0.1, -0.05) is 0 Å². The molecule has 0 aliphatic carbocycles. The summed E-state index contributed by atoms with van der Waals surface area (Å²) in [6.45, 7) is 9.02. The van der Waals surface area contributed by atoms with Crippen LogP contribution in [0.3, 0.4) is 0 Å². The van der Waals surface area contributed by atoms with Crippen molar-refractivity contribution in [3.05, 3.63) is 0 Å². The molecule has 1 aliphatic heterocycles. The Labute approximate surface area is 105 Å². The fourth-order valence-corrected chi connectivity index (χ4v) is 2.81. The molecule has 5 nitrogen and oxygen atoms in total. The molecule has 0 radical (unpaired) electrons. The molecule has 0 bridgehead atoms. The molecule has 1 rings (SSSR count). The van der Waals surface area contributed by atoms with Gasteiger partial charge < -0.3 is 9.84 Å². The Morgan fingerprint density at radius 1 is 1.41 bits per heavy atom. The molecule has 17 heavy (non-hydrogen) atoms. The van der Waals surface area contributed by atoms with Gasteiger partial charge in [-0.15, -0.1) is 11.8 Å². The second kappa shape index (κ2) is 4.40. The maximum Gasteiger partial charge on any atom is 0.408 e. The molecular weight excluding hydrogens is 242 g/mol. The first-order valence-corrected chi connectivity index (χ1v) is 6.39. The lowest BCUT2D eigenvalue weighted by Gasteiger charge is -2.31. The van der Waals surface area contributed by atoms with Gasteiger partial charge >= 0.3 is 12.1 Å². The maximum absolute atomic E-state index is 12.1. The summed E-state index contributed by atoms with van der Waals surface area (Å²) in [5.74, 6) is -0.179. The van der Waals surface area contributed by atoms with Crippen molar-refractivity contribution < 1.29 is 19.4 Å². The Balaban J connectivity index is 2.90. The number of thioether (sulfide) groups is 1. The Morgan fingerprint density at radius 2 is 1.94 bits per heavy atom. The van der Waals surface area contributed by atoms with Crippen LogP contribution in [0, 0.1) is 0 Å². The number of hydrogen-bond donors (Lipinski definition) is 1. The predicted octanol–water partition coefficient (Wildman–Crippen LogP) is 2.16. The summed E-state index contributed by atoms with van der Waals surface area (Å²) in [5.41, 5.74) is -0.607. The van der Waals surface area contributed by atoms with Crippen LogP contribution < -0.4 is 0 Å². The van der Waals surface area contributed by atoms with Gasteiger partial charge in [0.2, 0.25) is 0 Å². The van der Waals surface area contributed by atoms with E-state index in [1.807, 2.05) is 13.8 Å². The van der Waals surface area contributed by atoms with Crippen LogP contribution in [0.4, 0.5) is 4.79 Å². The summed E-state index contributed by atoms with van der Waals surface area (Å²) in [4.78, 5) is 24.3. The summed E-state index contributed by atoms with van der Waals surface area (Å²) >= 11 is 1.44. The third-order valence-electron chi connectivity index (χ3n) is 2.42. The molecule has 1 aliphatic rings. The van der Waals surface area contributed by atoms with E-state index < -0.39 is 28.5 Å². The Bertz CT molecular complexity index is 335. The summed E-state index contributed by atoms with van der Waals surface area (Å²) in [5, 5.41) is 9.07. The minimum absolute atomic E-state index is 0.298. The highest BCUT2D eigenvalue weighted by atomic mass is 32.2. The number of rotatable bonds is 1. The fraction of sp³-hybridized carbons (Fsp3) is 0.818. The van der Waals surface area contributed by atoms with Gasteiger partial charge in [0.05, 0.1) is 5.88 Å². The molecule has 0 aromatic carbocycles. The fourth-order valence-electron chi connectivity index (χ4n) is 1.70. The second-order valence-corrected chi connectivity index (χ2v) is 7.16. The number of carbonyl (C=O) groups excluding carboxylic acids is 1. The van der Waals surface area contributed by atoms with Crippen molar-refractivity contribution in [2.45, 2.75) is 51.0 Å². The number of carbonyl (C=O) groups is 2. The van der Waals surface area contributed by atoms with Crippen molar-refractivity contribution in [3.8, 4) is 0 Å². The molecule has 0 spiro atoms. The van der Waals surface area contributed by atoms with E-state index in [1.165, 1.54) is 11.8 Å². The van der Waals surface area contributed by atoms with Crippen LogP contribution >= 0.6 is 11.8 Å². The third-order valence-corrected chi connectivity index (χ3v) is 3.80. The standard InChI is InChI=1S/C11H19NO4S/c1-10(2,3)16-8(13)7-11(4,5)17-6-12(7)9(14)15/h7H,6H2,1-5H3,(H,14,15)/t7-/m0/s1. The van der Waals surface area contributed by atoms with Crippen LogP contribution in [0.15, 0.2) is 0 Å². The number of nitrogens with zero attached hydrogens (tertiary/aromatic N) is 1. The molecule has 1 atom stereocenters. The highest BCUT2D eigenvalue weighted by molar-refractivity contribution is 8.00. The van der Waals surface area contributed by atoms with Gasteiger partial charge in [-0.25, -0.2) is 9.59 Å². The monoisotopic (exact) mass is 261 g/mol. The normalized spacial score (nSPS) is 23.6. The smallest absolute Gasteiger partial charge is 0.408 e. The van der Waals surface area contributed by atoms with Crippen molar-refractivity contribution in [1.82, 2.24) is 4.90 Å². The van der Waals surface area contributed by atoms with Gasteiger partial charge in [0, 0.05) is 4.75 Å². The molecule has 6 heteroatoms. The van der Waals surface area contributed by atoms with Crippen LogP contribution in [-0.2, 0) is 9.53 Å². The highest BCUT2D eigenvalue weighted by Crippen LogP contribution is 2.40. The molecule has 1 saturated heterocycles. The summed E-state index contributed by atoms with van der Waals surface area (Å²) in [6, 6.07) is -0.746. The predicted molar refractivity (Wildman–Crippen MR) is 66.0 cm³/mol. The molecule has 1 amide bonds. The lowest BCUT2D eigenvalue weighted by molar-refractivity contribution is -0.160. The van der Waals surface area contributed by atoms with Gasteiger partial charge in [0.15, 0.2) is 0 Å². The maximum atomic E-state index is 12.1. The van der Waals surface area contributed by atoms with Crippen LogP contribution in [-0.4, -0.2) is 44.3 Å². The molecular formula is C11H19NO4S. The largest absolute Gasteiger partial charge is 0.465 e. The number of hydrogen-bond acceptors (Lipinski definition) is 4. The average molecular weight is 261 g/mol. The quantitative estimate of drug-likeness (QED) is 0.733. The summed E-state index contributed by atoms with van der Waals surface area (Å²) in [6.07, 6.45) is -1.08. The van der Waals surface area contributed by atoms with Crippen molar-refractivity contribution in [1.29, 1.82) is 0 Å². The third kappa shape index (κ3) is 3.28. The number of carboxylic acid groups (broad SMARTS) is 1. The lowest BCUT2D eigenvalue weighted by atomic mass is 10.0. The number of amides is 1. The van der Waals surface area contributed by atoms with Crippen LogP contribution in [0.25, 0.3) is 0 Å². The lowest BCUT2D eigenvalue weighted by Crippen LogP contribution is -2.50. The van der Waals surface area contributed by atoms with Gasteiger partial charge in [0.25, 0.3) is 0 Å². The number of ether oxygens (including phenoxy) is 1. The van der Waals surface area contributed by atoms with Crippen molar-refractivity contribution >= 4 is 23.8 Å². The van der Waals surface area contributed by atoms with Crippen molar-refractivity contribution in [2.24, 2.45) is 0 Å². The zero-order valence-corrected chi connectivity index (χ0v) is 11.6. The first-order valence-electron chi connectivity index (χ1n) is 5.41. The van der Waals surface area contributed by atoms with Crippen LogP contribution in [0.5, 0.6) is 0 Å². The minimum atomic E-state index is -1.08. The summed E-state index contributed by atoms with van der Waals surface area (Å²) < 4.78 is 4.82. The van der Waals surface area contributed by atoms with Crippen LogP contribution in [0.1, 0.15) is 34.6 Å².